The van der Waals surface area contributed by atoms with Crippen LogP contribution < -0.4 is 9.47 Å². The SMILES string of the molecule is COc1ccc(C2ON2C2CCCC[C@H]2N2OC2c2ccc(OC)cc2)cc1. The molecule has 2 heterocycles. The lowest BCUT2D eigenvalue weighted by atomic mass is 9.90. The molecule has 5 rings (SSSR count). The largest absolute Gasteiger partial charge is 0.497 e. The van der Waals surface area contributed by atoms with Crippen LogP contribution in [0.3, 0.4) is 0 Å². The highest BCUT2D eigenvalue weighted by Crippen LogP contribution is 2.49. The molecular weight excluding hydrogens is 356 g/mol. The predicted molar refractivity (Wildman–Crippen MR) is 103 cm³/mol. The molecule has 6 nitrogen and oxygen atoms in total. The molecule has 2 aromatic rings. The molecule has 2 aliphatic heterocycles. The van der Waals surface area contributed by atoms with Gasteiger partial charge in [-0.05, 0) is 48.2 Å². The minimum Gasteiger partial charge on any atom is -0.497 e. The van der Waals surface area contributed by atoms with Crippen molar-refractivity contribution in [3.05, 3.63) is 59.7 Å². The first kappa shape index (κ1) is 17.9. The zero-order valence-corrected chi connectivity index (χ0v) is 16.3. The minimum atomic E-state index is 0.0379. The summed E-state index contributed by atoms with van der Waals surface area (Å²) >= 11 is 0. The molecule has 0 radical (unpaired) electrons. The van der Waals surface area contributed by atoms with Gasteiger partial charge in [0.15, 0.2) is 12.5 Å². The van der Waals surface area contributed by atoms with E-state index in [9.17, 15) is 0 Å². The molecule has 0 amide bonds. The van der Waals surface area contributed by atoms with E-state index in [0.29, 0.717) is 12.1 Å². The third kappa shape index (κ3) is 3.37. The van der Waals surface area contributed by atoms with Crippen molar-refractivity contribution in [1.29, 1.82) is 0 Å². The average Bonchev–Trinajstić information content (AvgIpc) is 3.68. The summed E-state index contributed by atoms with van der Waals surface area (Å²) in [5.41, 5.74) is 2.34. The van der Waals surface area contributed by atoms with Crippen LogP contribution in [0.1, 0.15) is 49.3 Å². The molecule has 3 fully saturated rings. The van der Waals surface area contributed by atoms with E-state index in [0.717, 1.165) is 24.3 Å². The van der Waals surface area contributed by atoms with E-state index in [-0.39, 0.29) is 12.5 Å². The quantitative estimate of drug-likeness (QED) is 0.698. The summed E-state index contributed by atoms with van der Waals surface area (Å²) in [7, 11) is 3.37. The first-order valence-corrected chi connectivity index (χ1v) is 9.96. The van der Waals surface area contributed by atoms with Gasteiger partial charge in [0, 0.05) is 0 Å². The fraction of sp³-hybridized carbons (Fsp3) is 0.455. The van der Waals surface area contributed by atoms with Crippen molar-refractivity contribution in [3.63, 3.8) is 0 Å². The fourth-order valence-corrected chi connectivity index (χ4v) is 4.32. The Morgan fingerprint density at radius 3 is 1.43 bits per heavy atom. The van der Waals surface area contributed by atoms with Crippen molar-refractivity contribution >= 4 is 0 Å². The van der Waals surface area contributed by atoms with E-state index < -0.39 is 0 Å². The Labute approximate surface area is 165 Å². The van der Waals surface area contributed by atoms with Crippen molar-refractivity contribution in [2.24, 2.45) is 0 Å². The van der Waals surface area contributed by atoms with Crippen molar-refractivity contribution in [2.45, 2.75) is 50.2 Å². The van der Waals surface area contributed by atoms with Crippen LogP contribution in [0.2, 0.25) is 0 Å². The topological polar surface area (TPSA) is 49.5 Å². The number of ether oxygens (including phenoxy) is 2. The highest BCUT2D eigenvalue weighted by atomic mass is 16.9. The van der Waals surface area contributed by atoms with Gasteiger partial charge in [0.2, 0.25) is 0 Å². The number of hydroxylamine groups is 4. The Hall–Kier alpha value is -2.12. The second-order valence-corrected chi connectivity index (χ2v) is 7.60. The lowest BCUT2D eigenvalue weighted by molar-refractivity contribution is 0.0256. The summed E-state index contributed by atoms with van der Waals surface area (Å²) in [6, 6.07) is 17.0. The van der Waals surface area contributed by atoms with Crippen LogP contribution in [0.15, 0.2) is 48.5 Å². The molecule has 1 aliphatic carbocycles. The summed E-state index contributed by atoms with van der Waals surface area (Å²) in [6.45, 7) is 0. The van der Waals surface area contributed by atoms with Crippen LogP contribution in [0.25, 0.3) is 0 Å². The molecule has 148 valence electrons. The molecule has 3 aliphatic rings. The van der Waals surface area contributed by atoms with Crippen LogP contribution in [-0.2, 0) is 9.68 Å². The number of hydrogen-bond donors (Lipinski definition) is 0. The van der Waals surface area contributed by atoms with E-state index in [1.807, 2.05) is 24.3 Å². The van der Waals surface area contributed by atoms with E-state index in [1.165, 1.54) is 24.0 Å². The van der Waals surface area contributed by atoms with Gasteiger partial charge >= 0.3 is 0 Å². The number of nitrogens with zero attached hydrogens (tertiary/aromatic N) is 2. The smallest absolute Gasteiger partial charge is 0.180 e. The molecule has 1 saturated carbocycles. The normalized spacial score (nSPS) is 33.9. The van der Waals surface area contributed by atoms with Gasteiger partial charge in [-0.3, -0.25) is 9.68 Å². The van der Waals surface area contributed by atoms with Gasteiger partial charge < -0.3 is 9.47 Å². The molecule has 0 spiro atoms. The molecular formula is C22H26N2O4. The maximum absolute atomic E-state index is 5.99. The molecule has 6 atom stereocenters. The highest BCUT2D eigenvalue weighted by Gasteiger charge is 2.54. The Bertz CT molecular complexity index is 741. The fourth-order valence-electron chi connectivity index (χ4n) is 4.32. The predicted octanol–water partition coefficient (Wildman–Crippen LogP) is 4.21. The maximum Gasteiger partial charge on any atom is 0.180 e. The van der Waals surface area contributed by atoms with Crippen LogP contribution in [0.5, 0.6) is 11.5 Å². The summed E-state index contributed by atoms with van der Waals surface area (Å²) in [5.74, 6) is 1.73. The van der Waals surface area contributed by atoms with Gasteiger partial charge in [-0.15, -0.1) is 10.1 Å². The van der Waals surface area contributed by atoms with Crippen LogP contribution in [0, 0.1) is 0 Å². The zero-order chi connectivity index (χ0) is 19.1. The Morgan fingerprint density at radius 1 is 0.679 bits per heavy atom. The molecule has 2 aromatic carbocycles. The van der Waals surface area contributed by atoms with Gasteiger partial charge in [-0.25, -0.2) is 0 Å². The average molecular weight is 382 g/mol. The monoisotopic (exact) mass is 382 g/mol. The van der Waals surface area contributed by atoms with E-state index in [2.05, 4.69) is 34.4 Å². The first-order chi connectivity index (χ1) is 13.8. The molecule has 0 N–H and O–H groups in total. The third-order valence-electron chi connectivity index (χ3n) is 5.96. The van der Waals surface area contributed by atoms with Crippen LogP contribution in [0.4, 0.5) is 0 Å². The number of benzene rings is 2. The molecule has 0 aromatic heterocycles. The number of hydrogen-bond acceptors (Lipinski definition) is 6. The lowest BCUT2D eigenvalue weighted by Gasteiger charge is -2.30. The lowest BCUT2D eigenvalue weighted by Crippen LogP contribution is -2.41. The van der Waals surface area contributed by atoms with E-state index in [4.69, 9.17) is 19.1 Å². The van der Waals surface area contributed by atoms with Crippen LogP contribution >= 0.6 is 0 Å². The van der Waals surface area contributed by atoms with Gasteiger partial charge in [-0.2, -0.15) is 0 Å². The highest BCUT2D eigenvalue weighted by molar-refractivity contribution is 5.30. The van der Waals surface area contributed by atoms with E-state index >= 15 is 0 Å². The third-order valence-corrected chi connectivity index (χ3v) is 5.96. The molecule has 6 heteroatoms. The first-order valence-electron chi connectivity index (χ1n) is 9.96. The van der Waals surface area contributed by atoms with Gasteiger partial charge in [0.05, 0.1) is 26.3 Å². The van der Waals surface area contributed by atoms with Crippen LogP contribution in [-0.4, -0.2) is 36.4 Å². The molecule has 28 heavy (non-hydrogen) atoms. The second-order valence-electron chi connectivity index (χ2n) is 7.60. The summed E-state index contributed by atoms with van der Waals surface area (Å²) in [5, 5.41) is 4.30. The molecule has 5 unspecified atom stereocenters. The minimum absolute atomic E-state index is 0.0379. The van der Waals surface area contributed by atoms with Gasteiger partial charge in [0.1, 0.15) is 11.5 Å². The summed E-state index contributed by atoms with van der Waals surface area (Å²) in [6.07, 6.45) is 4.81. The standard InChI is InChI=1S/C22H26N2O4/c1-25-17-11-7-15(8-12-17)21-23(27-21)19-5-3-4-6-20(19)24-22(28-24)16-9-13-18(26-2)14-10-16/h7-14,19-22H,3-6H2,1-2H3/t19-,20?,21?,22?,23?,24?/m1/s1. The van der Waals surface area contributed by atoms with Gasteiger partial charge in [-0.1, -0.05) is 37.1 Å². The molecule has 2 saturated heterocycles. The summed E-state index contributed by atoms with van der Waals surface area (Å²) in [4.78, 5) is 12.0. The van der Waals surface area contributed by atoms with E-state index in [1.54, 1.807) is 14.2 Å². The Balaban J connectivity index is 1.26. The molecule has 0 bridgehead atoms. The number of methoxy groups -OCH3 is 2. The number of rotatable bonds is 6. The Kier molecular flexibility index (Phi) is 4.72. The second kappa shape index (κ2) is 7.37. The maximum atomic E-state index is 5.99. The summed E-state index contributed by atoms with van der Waals surface area (Å²) < 4.78 is 10.5. The van der Waals surface area contributed by atoms with Crippen molar-refractivity contribution < 1.29 is 19.1 Å². The van der Waals surface area contributed by atoms with Crippen molar-refractivity contribution in [1.82, 2.24) is 10.1 Å². The van der Waals surface area contributed by atoms with Crippen molar-refractivity contribution in [3.8, 4) is 11.5 Å². The van der Waals surface area contributed by atoms with Crippen molar-refractivity contribution in [2.75, 3.05) is 14.2 Å². The zero-order valence-electron chi connectivity index (χ0n) is 16.3. The Morgan fingerprint density at radius 2 is 1.07 bits per heavy atom. The van der Waals surface area contributed by atoms with Gasteiger partial charge in [0.25, 0.3) is 0 Å².